The van der Waals surface area contributed by atoms with Crippen molar-refractivity contribution in [1.29, 1.82) is 0 Å². The van der Waals surface area contributed by atoms with Crippen molar-refractivity contribution >= 4 is 15.9 Å². The van der Waals surface area contributed by atoms with Gasteiger partial charge in [0.1, 0.15) is 0 Å². The largest absolute Gasteiger partial charge is 0.392 e. The van der Waals surface area contributed by atoms with Crippen LogP contribution in [0.5, 0.6) is 0 Å². The lowest BCUT2D eigenvalue weighted by atomic mass is 9.46. The van der Waals surface area contributed by atoms with Crippen LogP contribution in [0.4, 0.5) is 0 Å². The number of halogens is 1. The molecule has 0 heterocycles. The summed E-state index contributed by atoms with van der Waals surface area (Å²) in [5, 5.41) is 31.7. The molecule has 3 saturated carbocycles. The Morgan fingerprint density at radius 3 is 2.57 bits per heavy atom. The maximum atomic E-state index is 11.0. The van der Waals surface area contributed by atoms with Gasteiger partial charge in [0.05, 0.1) is 18.3 Å². The summed E-state index contributed by atoms with van der Waals surface area (Å²) in [6.45, 7) is 4.58. The summed E-state index contributed by atoms with van der Waals surface area (Å²) >= 11 is 3.68. The summed E-state index contributed by atoms with van der Waals surface area (Å²) in [5.74, 6) is 1.15. The molecular weight excluding hydrogens is 356 g/mol. The zero-order valence-electron chi connectivity index (χ0n) is 14.1. The zero-order valence-corrected chi connectivity index (χ0v) is 15.7. The number of aliphatic hydroxyl groups excluding tert-OH is 3. The van der Waals surface area contributed by atoms with Gasteiger partial charge in [-0.1, -0.05) is 41.4 Å². The Balaban J connectivity index is 1.73. The van der Waals surface area contributed by atoms with Gasteiger partial charge in [-0.15, -0.1) is 0 Å². The van der Waals surface area contributed by atoms with Crippen LogP contribution in [0.1, 0.15) is 52.4 Å². The first-order valence-electron chi connectivity index (χ1n) is 9.17. The molecule has 0 aliphatic heterocycles. The van der Waals surface area contributed by atoms with E-state index in [4.69, 9.17) is 0 Å². The van der Waals surface area contributed by atoms with Gasteiger partial charge in [-0.3, -0.25) is 0 Å². The van der Waals surface area contributed by atoms with E-state index in [1.165, 1.54) is 5.57 Å². The Kier molecular flexibility index (Phi) is 3.81. The Hall–Kier alpha value is 0.1000. The fourth-order valence-electron chi connectivity index (χ4n) is 6.62. The van der Waals surface area contributed by atoms with E-state index in [1.807, 2.05) is 6.08 Å². The molecule has 4 heteroatoms. The van der Waals surface area contributed by atoms with Crippen molar-refractivity contribution in [2.24, 2.45) is 28.6 Å². The molecule has 9 atom stereocenters. The molecule has 0 radical (unpaired) electrons. The third kappa shape index (κ3) is 2.17. The average molecular weight is 385 g/mol. The smallest absolute Gasteiger partial charge is 0.0724 e. The molecule has 0 spiro atoms. The first-order chi connectivity index (χ1) is 10.8. The molecule has 0 bridgehead atoms. The topological polar surface area (TPSA) is 60.7 Å². The normalized spacial score (nSPS) is 58.9. The average Bonchev–Trinajstić information content (AvgIpc) is 2.73. The molecule has 4 aliphatic rings. The van der Waals surface area contributed by atoms with Crippen LogP contribution in [0.2, 0.25) is 0 Å². The molecule has 23 heavy (non-hydrogen) atoms. The highest BCUT2D eigenvalue weighted by Crippen LogP contribution is 2.65. The van der Waals surface area contributed by atoms with Crippen LogP contribution < -0.4 is 0 Å². The predicted octanol–water partition coefficient (Wildman–Crippen LogP) is 3.02. The first-order valence-corrected chi connectivity index (χ1v) is 10.1. The van der Waals surface area contributed by atoms with E-state index in [9.17, 15) is 15.3 Å². The van der Waals surface area contributed by atoms with Crippen molar-refractivity contribution < 1.29 is 15.3 Å². The maximum absolute atomic E-state index is 11.0. The van der Waals surface area contributed by atoms with E-state index < -0.39 is 0 Å². The van der Waals surface area contributed by atoms with Crippen LogP contribution in [-0.2, 0) is 0 Å². The van der Waals surface area contributed by atoms with Crippen LogP contribution in [0, 0.1) is 28.6 Å². The van der Waals surface area contributed by atoms with E-state index in [1.54, 1.807) is 0 Å². The molecule has 0 aromatic heterocycles. The number of hydrogen-bond acceptors (Lipinski definition) is 3. The van der Waals surface area contributed by atoms with Crippen molar-refractivity contribution in [3.63, 3.8) is 0 Å². The first kappa shape index (κ1) is 16.6. The van der Waals surface area contributed by atoms with Gasteiger partial charge < -0.3 is 15.3 Å². The van der Waals surface area contributed by atoms with E-state index >= 15 is 0 Å². The number of fused-ring (bicyclic) bond motifs is 5. The minimum atomic E-state index is -0.337. The van der Waals surface area contributed by atoms with Gasteiger partial charge in [-0.25, -0.2) is 0 Å². The van der Waals surface area contributed by atoms with Crippen LogP contribution in [0.3, 0.4) is 0 Å². The second kappa shape index (κ2) is 5.30. The molecule has 0 unspecified atom stereocenters. The molecule has 4 rings (SSSR count). The summed E-state index contributed by atoms with van der Waals surface area (Å²) in [4.78, 5) is 0.154. The van der Waals surface area contributed by atoms with Crippen LogP contribution >= 0.6 is 15.9 Å². The molecule has 3 N–H and O–H groups in total. The Bertz CT molecular complexity index is 535. The summed E-state index contributed by atoms with van der Waals surface area (Å²) in [6.07, 6.45) is 6.69. The van der Waals surface area contributed by atoms with Gasteiger partial charge >= 0.3 is 0 Å². The van der Waals surface area contributed by atoms with E-state index in [2.05, 4.69) is 29.8 Å². The summed E-state index contributed by atoms with van der Waals surface area (Å²) in [5.41, 5.74) is 1.34. The van der Waals surface area contributed by atoms with Gasteiger partial charge in [0.25, 0.3) is 0 Å². The molecule has 0 saturated heterocycles. The summed E-state index contributed by atoms with van der Waals surface area (Å²) in [6, 6.07) is 0. The van der Waals surface area contributed by atoms with Crippen molar-refractivity contribution in [1.82, 2.24) is 0 Å². The summed E-state index contributed by atoms with van der Waals surface area (Å²) < 4.78 is 0. The number of hydrogen-bond donors (Lipinski definition) is 3. The van der Waals surface area contributed by atoms with Gasteiger partial charge in [0.2, 0.25) is 0 Å². The van der Waals surface area contributed by atoms with E-state index in [0.717, 1.165) is 32.1 Å². The maximum Gasteiger partial charge on any atom is 0.0724 e. The Labute approximate surface area is 147 Å². The summed E-state index contributed by atoms with van der Waals surface area (Å²) in [7, 11) is 0. The molecule has 3 fully saturated rings. The second-order valence-corrected chi connectivity index (χ2v) is 10.2. The molecule has 3 nitrogen and oxygen atoms in total. The highest BCUT2D eigenvalue weighted by Gasteiger charge is 2.62. The van der Waals surface area contributed by atoms with Crippen molar-refractivity contribution in [2.75, 3.05) is 0 Å². The lowest BCUT2D eigenvalue weighted by molar-refractivity contribution is -0.121. The standard InChI is InChI=1S/C19H29BrO3/c1-18-5-3-11(21)7-10(18)8-15(22)16-12(18)4-6-19(2)13(16)9-14(20)17(19)23/h7,11-17,21-23H,3-6,8-9H2,1-2H3/t11-,12-,13-,14+,15+,16+,17-,18-,19-/m0/s1. The second-order valence-electron chi connectivity index (χ2n) is 9.02. The third-order valence-corrected chi connectivity index (χ3v) is 8.92. The molecule has 0 aromatic rings. The fourth-order valence-corrected chi connectivity index (χ4v) is 7.63. The van der Waals surface area contributed by atoms with Gasteiger partial charge in [0.15, 0.2) is 0 Å². The van der Waals surface area contributed by atoms with Gasteiger partial charge in [0, 0.05) is 4.83 Å². The Morgan fingerprint density at radius 1 is 1.09 bits per heavy atom. The van der Waals surface area contributed by atoms with Crippen molar-refractivity contribution in [2.45, 2.75) is 75.5 Å². The van der Waals surface area contributed by atoms with Gasteiger partial charge in [-0.05, 0) is 67.1 Å². The number of aliphatic hydroxyl groups is 3. The van der Waals surface area contributed by atoms with Gasteiger partial charge in [-0.2, -0.15) is 0 Å². The SMILES string of the molecule is C[C@]12CC[C@H]3[C@@H]([C@H](O)CC4=C[C@@H](O)CC[C@@]43C)[C@@H]1C[C@@H](Br)[C@@H]2O. The van der Waals surface area contributed by atoms with Crippen molar-refractivity contribution in [3.8, 4) is 0 Å². The molecule has 0 amide bonds. The highest BCUT2D eigenvalue weighted by molar-refractivity contribution is 9.09. The van der Waals surface area contributed by atoms with E-state index in [0.29, 0.717) is 18.3 Å². The number of rotatable bonds is 0. The lowest BCUT2D eigenvalue weighted by Crippen LogP contribution is -2.56. The third-order valence-electron chi connectivity index (χ3n) is 8.05. The monoisotopic (exact) mass is 384 g/mol. The minimum Gasteiger partial charge on any atom is -0.392 e. The van der Waals surface area contributed by atoms with E-state index in [-0.39, 0.29) is 39.9 Å². The molecule has 130 valence electrons. The highest BCUT2D eigenvalue weighted by atomic mass is 79.9. The number of alkyl halides is 1. The molecule has 4 aliphatic carbocycles. The Morgan fingerprint density at radius 2 is 1.83 bits per heavy atom. The van der Waals surface area contributed by atoms with Crippen LogP contribution in [0.25, 0.3) is 0 Å². The van der Waals surface area contributed by atoms with Crippen LogP contribution in [-0.4, -0.2) is 38.5 Å². The fraction of sp³-hybridized carbons (Fsp3) is 0.895. The molecular formula is C19H29BrO3. The quantitative estimate of drug-likeness (QED) is 0.444. The minimum absolute atomic E-state index is 0.0674. The van der Waals surface area contributed by atoms with Crippen LogP contribution in [0.15, 0.2) is 11.6 Å². The predicted molar refractivity (Wildman–Crippen MR) is 93.2 cm³/mol. The zero-order chi connectivity index (χ0) is 16.6. The lowest BCUT2D eigenvalue weighted by Gasteiger charge is -2.59. The molecule has 0 aromatic carbocycles. The van der Waals surface area contributed by atoms with Crippen molar-refractivity contribution in [3.05, 3.63) is 11.6 Å².